The summed E-state index contributed by atoms with van der Waals surface area (Å²) in [6.07, 6.45) is 6.06. The average molecular weight is 529 g/mol. The van der Waals surface area contributed by atoms with Crippen molar-refractivity contribution < 1.29 is 17.7 Å². The highest BCUT2D eigenvalue weighted by atomic mass is 32.2. The summed E-state index contributed by atoms with van der Waals surface area (Å²) < 4.78 is 34.5. The summed E-state index contributed by atoms with van der Waals surface area (Å²) in [6, 6.07) is 4.20. The number of benzene rings is 1. The minimum Gasteiger partial charge on any atom is -0.355 e. The molecular formula is C28H40N4O4S. The minimum atomic E-state index is -3.88. The maximum absolute atomic E-state index is 13.8. The molecule has 0 unspecified atom stereocenters. The number of amides is 1. The van der Waals surface area contributed by atoms with Crippen LogP contribution in [-0.4, -0.2) is 79.4 Å². The Balaban J connectivity index is 1.51. The molecule has 1 amide bonds. The number of piperidine rings is 1. The van der Waals surface area contributed by atoms with E-state index in [1.165, 1.54) is 9.87 Å². The maximum Gasteiger partial charge on any atom is 0.248 e. The zero-order chi connectivity index (χ0) is 26.7. The average Bonchev–Trinajstić information content (AvgIpc) is 3.24. The molecular weight excluding hydrogens is 488 g/mol. The molecule has 4 rings (SSSR count). The maximum atomic E-state index is 13.8. The molecule has 0 radical (unpaired) electrons. The summed E-state index contributed by atoms with van der Waals surface area (Å²) in [5, 5.41) is 3.99. The van der Waals surface area contributed by atoms with E-state index < -0.39 is 10.0 Å². The van der Waals surface area contributed by atoms with E-state index >= 15 is 0 Å². The van der Waals surface area contributed by atoms with Crippen LogP contribution >= 0.6 is 0 Å². The number of carbonyl (C=O) groups excluding carboxylic acids is 1. The number of hydrogen-bond acceptors (Lipinski definition) is 6. The van der Waals surface area contributed by atoms with Gasteiger partial charge in [0.15, 0.2) is 10.7 Å². The van der Waals surface area contributed by atoms with Crippen LogP contribution < -0.4 is 0 Å². The third-order valence-electron chi connectivity index (χ3n) is 7.53. The van der Waals surface area contributed by atoms with E-state index in [4.69, 9.17) is 4.52 Å². The number of nitrogens with zero attached hydrogens (tertiary/aromatic N) is 4. The highest BCUT2D eigenvalue weighted by molar-refractivity contribution is 7.89. The molecule has 37 heavy (non-hydrogen) atoms. The Morgan fingerprint density at radius 3 is 2.38 bits per heavy atom. The molecule has 0 bridgehead atoms. The number of rotatable bonds is 7. The Kier molecular flexibility index (Phi) is 8.56. The fraction of sp³-hybridized carbons (Fsp3) is 0.571. The van der Waals surface area contributed by atoms with Crippen molar-refractivity contribution in [3.63, 3.8) is 0 Å². The second kappa shape index (κ2) is 11.5. The molecule has 1 aromatic carbocycles. The third-order valence-corrected chi connectivity index (χ3v) is 9.55. The lowest BCUT2D eigenvalue weighted by atomic mass is 9.98. The van der Waals surface area contributed by atoms with Crippen molar-refractivity contribution in [2.75, 3.05) is 45.8 Å². The molecule has 2 saturated heterocycles. The zero-order valence-corrected chi connectivity index (χ0v) is 23.6. The second-order valence-electron chi connectivity index (χ2n) is 10.5. The van der Waals surface area contributed by atoms with Crippen molar-refractivity contribution in [2.45, 2.75) is 58.8 Å². The molecule has 8 nitrogen and oxygen atoms in total. The van der Waals surface area contributed by atoms with Gasteiger partial charge in [0.2, 0.25) is 15.9 Å². The lowest BCUT2D eigenvalue weighted by molar-refractivity contribution is -0.138. The van der Waals surface area contributed by atoms with Gasteiger partial charge in [0.05, 0.1) is 5.92 Å². The monoisotopic (exact) mass is 528 g/mol. The van der Waals surface area contributed by atoms with Gasteiger partial charge in [-0.1, -0.05) is 35.9 Å². The molecule has 2 aliphatic heterocycles. The molecule has 3 heterocycles. The first-order valence-corrected chi connectivity index (χ1v) is 14.8. The Bertz CT molecular complexity index is 1240. The van der Waals surface area contributed by atoms with Gasteiger partial charge in [0, 0.05) is 39.3 Å². The highest BCUT2D eigenvalue weighted by Gasteiger charge is 2.38. The van der Waals surface area contributed by atoms with Crippen LogP contribution in [0, 0.1) is 33.6 Å². The van der Waals surface area contributed by atoms with E-state index in [0.717, 1.165) is 42.7 Å². The molecule has 2 aromatic rings. The van der Waals surface area contributed by atoms with Crippen LogP contribution in [0.2, 0.25) is 0 Å². The zero-order valence-electron chi connectivity index (χ0n) is 22.8. The van der Waals surface area contributed by atoms with E-state index in [9.17, 15) is 13.2 Å². The quantitative estimate of drug-likeness (QED) is 0.539. The van der Waals surface area contributed by atoms with Crippen LogP contribution in [-0.2, 0) is 14.8 Å². The van der Waals surface area contributed by atoms with Crippen molar-refractivity contribution in [2.24, 2.45) is 5.92 Å². The molecule has 202 valence electrons. The first-order chi connectivity index (χ1) is 17.6. The topological polar surface area (TPSA) is 87.0 Å². The van der Waals surface area contributed by atoms with E-state index in [1.54, 1.807) is 13.0 Å². The van der Waals surface area contributed by atoms with Gasteiger partial charge in [0.1, 0.15) is 5.69 Å². The van der Waals surface area contributed by atoms with Crippen LogP contribution in [0.1, 0.15) is 59.9 Å². The lowest BCUT2D eigenvalue weighted by Crippen LogP contribution is -2.53. The number of aryl methyl sites for hydroxylation is 4. The van der Waals surface area contributed by atoms with E-state index in [-0.39, 0.29) is 29.0 Å². The summed E-state index contributed by atoms with van der Waals surface area (Å²) >= 11 is 0. The molecule has 0 saturated carbocycles. The number of carbonyl (C=O) groups is 1. The summed E-state index contributed by atoms with van der Waals surface area (Å²) in [7, 11) is -3.88. The molecule has 0 spiro atoms. The van der Waals surface area contributed by atoms with Crippen molar-refractivity contribution in [1.82, 2.24) is 19.3 Å². The predicted octanol–water partition coefficient (Wildman–Crippen LogP) is 4.03. The van der Waals surface area contributed by atoms with Gasteiger partial charge in [-0.25, -0.2) is 8.42 Å². The number of aromatic nitrogens is 1. The third kappa shape index (κ3) is 5.99. The Morgan fingerprint density at radius 1 is 1.05 bits per heavy atom. The first kappa shape index (κ1) is 27.5. The van der Waals surface area contributed by atoms with Gasteiger partial charge >= 0.3 is 0 Å². The summed E-state index contributed by atoms with van der Waals surface area (Å²) in [5.41, 5.74) is 4.77. The van der Waals surface area contributed by atoms with E-state index in [0.29, 0.717) is 38.2 Å². The van der Waals surface area contributed by atoms with Crippen molar-refractivity contribution in [1.29, 1.82) is 0 Å². The Hall–Kier alpha value is -2.49. The molecule has 1 atom stereocenters. The van der Waals surface area contributed by atoms with Crippen LogP contribution in [0.15, 0.2) is 21.6 Å². The lowest BCUT2D eigenvalue weighted by Gasteiger charge is -2.38. The summed E-state index contributed by atoms with van der Waals surface area (Å²) in [5.74, 6) is -0.0285. The molecule has 9 heteroatoms. The minimum absolute atomic E-state index is 0.0727. The molecule has 2 aliphatic rings. The second-order valence-corrected chi connectivity index (χ2v) is 12.4. The number of sulfonamides is 1. The number of piperazine rings is 1. The largest absolute Gasteiger partial charge is 0.355 e. The normalized spacial score (nSPS) is 20.1. The summed E-state index contributed by atoms with van der Waals surface area (Å²) in [4.78, 5) is 17.7. The van der Waals surface area contributed by atoms with Crippen LogP contribution in [0.4, 0.5) is 0 Å². The van der Waals surface area contributed by atoms with Crippen LogP contribution in [0.3, 0.4) is 0 Å². The molecule has 0 N–H and O–H groups in total. The van der Waals surface area contributed by atoms with Gasteiger partial charge in [-0.05, 0) is 76.3 Å². The smallest absolute Gasteiger partial charge is 0.248 e. The van der Waals surface area contributed by atoms with Gasteiger partial charge in [-0.3, -0.25) is 9.69 Å². The van der Waals surface area contributed by atoms with E-state index in [2.05, 4.69) is 36.0 Å². The van der Waals surface area contributed by atoms with Crippen LogP contribution in [0.5, 0.6) is 0 Å². The van der Waals surface area contributed by atoms with Gasteiger partial charge in [0.25, 0.3) is 0 Å². The molecule has 0 aliphatic carbocycles. The molecule has 1 aromatic heterocycles. The number of hydrogen-bond donors (Lipinski definition) is 0. The summed E-state index contributed by atoms with van der Waals surface area (Å²) in [6.45, 7) is 14.8. The molecule has 2 fully saturated rings. The fourth-order valence-corrected chi connectivity index (χ4v) is 7.44. The first-order valence-electron chi connectivity index (χ1n) is 13.3. The standard InChI is InChI=1S/C28H40N4O4S/c1-6-11-30-13-15-31(16-14-30)28(33)24-8-7-12-32(19-24)37(34,35)27-23(5)29-36-26(27)10-9-25-21(3)17-20(2)18-22(25)4/h9-10,17-18,24H,6-8,11-16,19H2,1-5H3/b10-9+/t24-/m1/s1. The van der Waals surface area contributed by atoms with Crippen molar-refractivity contribution in [3.8, 4) is 0 Å². The Labute approximate surface area is 221 Å². The van der Waals surface area contributed by atoms with Gasteiger partial charge < -0.3 is 9.42 Å². The van der Waals surface area contributed by atoms with E-state index in [1.807, 2.05) is 24.8 Å². The Morgan fingerprint density at radius 2 is 1.73 bits per heavy atom. The van der Waals surface area contributed by atoms with Crippen LogP contribution in [0.25, 0.3) is 12.2 Å². The SMILES string of the molecule is CCCN1CCN(C(=O)[C@@H]2CCCN(S(=O)(=O)c3c(C)noc3/C=C/c3c(C)cc(C)cc3C)C2)CC1. The van der Waals surface area contributed by atoms with Gasteiger partial charge in [-0.2, -0.15) is 4.31 Å². The van der Waals surface area contributed by atoms with Gasteiger partial charge in [-0.15, -0.1) is 0 Å². The van der Waals surface area contributed by atoms with Crippen molar-refractivity contribution in [3.05, 3.63) is 45.8 Å². The highest BCUT2D eigenvalue weighted by Crippen LogP contribution is 2.30. The van der Waals surface area contributed by atoms with Crippen molar-refractivity contribution >= 4 is 28.1 Å². The fourth-order valence-electron chi connectivity index (χ4n) is 5.67. The predicted molar refractivity (Wildman–Crippen MR) is 146 cm³/mol.